The molecule has 1 N–H and O–H groups in total. The predicted molar refractivity (Wildman–Crippen MR) is 106 cm³/mol. The summed E-state index contributed by atoms with van der Waals surface area (Å²) in [6.45, 7) is 5.89. The molecule has 2 atom stereocenters. The molecule has 0 spiro atoms. The third-order valence-corrected chi connectivity index (χ3v) is 6.25. The highest BCUT2D eigenvalue weighted by Crippen LogP contribution is 2.36. The Morgan fingerprint density at radius 2 is 2.22 bits per heavy atom. The van der Waals surface area contributed by atoms with Crippen molar-refractivity contribution in [2.24, 2.45) is 5.92 Å². The maximum Gasteiger partial charge on any atom is 0.338 e. The number of nitrogens with zero attached hydrogens (tertiary/aromatic N) is 1. The number of carbonyl (C=O) groups excluding carboxylic acids is 1. The molecule has 1 aliphatic rings. The van der Waals surface area contributed by atoms with E-state index in [1.165, 1.54) is 4.88 Å². The second kappa shape index (κ2) is 6.93. The number of aromatic nitrogens is 2. The van der Waals surface area contributed by atoms with E-state index >= 15 is 0 Å². The largest absolute Gasteiger partial charge is 0.451 e. The number of aromatic amines is 1. The number of esters is 1. The molecule has 2 heterocycles. The zero-order chi connectivity index (χ0) is 19.1. The molecule has 0 saturated carbocycles. The van der Waals surface area contributed by atoms with E-state index in [4.69, 9.17) is 4.74 Å². The molecule has 27 heavy (non-hydrogen) atoms. The van der Waals surface area contributed by atoms with Gasteiger partial charge in [0.15, 0.2) is 11.9 Å². The lowest BCUT2D eigenvalue weighted by Gasteiger charge is -2.17. The number of aryl methyl sites for hydroxylation is 2. The minimum atomic E-state index is -0.631. The first kappa shape index (κ1) is 17.9. The van der Waals surface area contributed by atoms with Gasteiger partial charge in [-0.15, -0.1) is 11.3 Å². The van der Waals surface area contributed by atoms with Crippen LogP contribution in [0, 0.1) is 12.8 Å². The first-order valence-corrected chi connectivity index (χ1v) is 10.1. The highest BCUT2D eigenvalue weighted by molar-refractivity contribution is 7.18. The lowest BCUT2D eigenvalue weighted by Crippen LogP contribution is -2.18. The Kier molecular flexibility index (Phi) is 4.60. The lowest BCUT2D eigenvalue weighted by molar-refractivity contribution is 0.0320. The Morgan fingerprint density at radius 1 is 1.41 bits per heavy atom. The molecule has 1 aromatic carbocycles. The third kappa shape index (κ3) is 3.41. The van der Waals surface area contributed by atoms with E-state index in [1.807, 2.05) is 19.1 Å². The minimum Gasteiger partial charge on any atom is -0.451 e. The van der Waals surface area contributed by atoms with Gasteiger partial charge in [0.2, 0.25) is 0 Å². The summed E-state index contributed by atoms with van der Waals surface area (Å²) in [4.78, 5) is 34.5. The number of fused-ring (bicyclic) bond motifs is 3. The van der Waals surface area contributed by atoms with E-state index in [1.54, 1.807) is 30.4 Å². The molecule has 0 amide bonds. The van der Waals surface area contributed by atoms with Crippen LogP contribution < -0.4 is 5.56 Å². The molecule has 2 aromatic heterocycles. The van der Waals surface area contributed by atoms with Crippen LogP contribution in [0.1, 0.15) is 58.6 Å². The van der Waals surface area contributed by atoms with Crippen LogP contribution in [0.2, 0.25) is 0 Å². The Labute approximate surface area is 161 Å². The van der Waals surface area contributed by atoms with E-state index in [0.717, 1.165) is 35.2 Å². The number of hydrogen-bond acceptors (Lipinski definition) is 5. The zero-order valence-corrected chi connectivity index (χ0v) is 16.5. The van der Waals surface area contributed by atoms with Gasteiger partial charge in [-0.1, -0.05) is 24.6 Å². The van der Waals surface area contributed by atoms with Gasteiger partial charge in [0.05, 0.1) is 10.9 Å². The number of nitrogens with one attached hydrogen (secondary N) is 1. The lowest BCUT2D eigenvalue weighted by atomic mass is 9.89. The maximum atomic E-state index is 12.7. The molecule has 4 rings (SSSR count). The van der Waals surface area contributed by atoms with Gasteiger partial charge in [-0.2, -0.15) is 0 Å². The zero-order valence-electron chi connectivity index (χ0n) is 15.7. The van der Waals surface area contributed by atoms with Crippen molar-refractivity contribution in [3.05, 3.63) is 62.0 Å². The molecule has 140 valence electrons. The summed E-state index contributed by atoms with van der Waals surface area (Å²) >= 11 is 1.59. The van der Waals surface area contributed by atoms with Crippen molar-refractivity contribution in [3.8, 4) is 0 Å². The molecule has 0 fully saturated rings. The maximum absolute atomic E-state index is 12.7. The fourth-order valence-electron chi connectivity index (χ4n) is 3.61. The minimum absolute atomic E-state index is 0.138. The second-order valence-electron chi connectivity index (χ2n) is 7.40. The highest BCUT2D eigenvalue weighted by Gasteiger charge is 2.24. The van der Waals surface area contributed by atoms with Crippen LogP contribution in [0.4, 0.5) is 0 Å². The van der Waals surface area contributed by atoms with Crippen molar-refractivity contribution < 1.29 is 9.53 Å². The van der Waals surface area contributed by atoms with Crippen LogP contribution in [-0.2, 0) is 17.6 Å². The second-order valence-corrected chi connectivity index (χ2v) is 8.48. The smallest absolute Gasteiger partial charge is 0.338 e. The number of thiophene rings is 1. The molecule has 1 aliphatic carbocycles. The monoisotopic (exact) mass is 382 g/mol. The summed E-state index contributed by atoms with van der Waals surface area (Å²) < 4.78 is 5.53. The van der Waals surface area contributed by atoms with E-state index in [0.29, 0.717) is 22.7 Å². The Hall–Kier alpha value is -2.47. The van der Waals surface area contributed by atoms with Gasteiger partial charge >= 0.3 is 5.97 Å². The van der Waals surface area contributed by atoms with Crippen LogP contribution >= 0.6 is 11.3 Å². The van der Waals surface area contributed by atoms with Crippen molar-refractivity contribution in [2.45, 2.75) is 46.1 Å². The van der Waals surface area contributed by atoms with Gasteiger partial charge < -0.3 is 9.72 Å². The average molecular weight is 382 g/mol. The van der Waals surface area contributed by atoms with Crippen LogP contribution in [0.5, 0.6) is 0 Å². The van der Waals surface area contributed by atoms with Gasteiger partial charge in [-0.3, -0.25) is 4.79 Å². The predicted octanol–water partition coefficient (Wildman–Crippen LogP) is 4.34. The summed E-state index contributed by atoms with van der Waals surface area (Å²) in [5, 5.41) is 0.711. The van der Waals surface area contributed by atoms with Crippen LogP contribution in [-0.4, -0.2) is 15.9 Å². The molecular weight excluding hydrogens is 360 g/mol. The molecule has 0 bridgehead atoms. The summed E-state index contributed by atoms with van der Waals surface area (Å²) in [7, 11) is 0. The Morgan fingerprint density at radius 3 is 3.00 bits per heavy atom. The van der Waals surface area contributed by atoms with Crippen LogP contribution in [0.3, 0.4) is 0 Å². The number of hydrogen-bond donors (Lipinski definition) is 1. The first-order chi connectivity index (χ1) is 12.9. The quantitative estimate of drug-likeness (QED) is 0.684. The number of H-pyrrole nitrogens is 1. The molecule has 0 saturated heterocycles. The summed E-state index contributed by atoms with van der Waals surface area (Å²) in [5.74, 6) is 0.603. The van der Waals surface area contributed by atoms with Crippen LogP contribution in [0.15, 0.2) is 29.1 Å². The Balaban J connectivity index is 1.64. The molecule has 5 nitrogen and oxygen atoms in total. The van der Waals surface area contributed by atoms with Crippen molar-refractivity contribution in [1.29, 1.82) is 0 Å². The fourth-order valence-corrected chi connectivity index (χ4v) is 5.00. The number of rotatable bonds is 3. The summed E-state index contributed by atoms with van der Waals surface area (Å²) in [6.07, 6.45) is 2.40. The van der Waals surface area contributed by atoms with Gasteiger partial charge in [-0.25, -0.2) is 9.78 Å². The normalized spacial score (nSPS) is 17.5. The summed E-state index contributed by atoms with van der Waals surface area (Å²) in [5.41, 5.74) is 2.49. The number of carbonyl (C=O) groups is 1. The number of ether oxygens (including phenoxy) is 1. The number of benzene rings is 1. The van der Waals surface area contributed by atoms with Gasteiger partial charge in [0.1, 0.15) is 4.83 Å². The molecule has 0 radical (unpaired) electrons. The van der Waals surface area contributed by atoms with Crippen molar-refractivity contribution in [1.82, 2.24) is 9.97 Å². The fraction of sp³-hybridized carbons (Fsp3) is 0.381. The molecular formula is C21H22N2O3S. The molecule has 0 aliphatic heterocycles. The van der Waals surface area contributed by atoms with Crippen molar-refractivity contribution in [2.75, 3.05) is 0 Å². The third-order valence-electron chi connectivity index (χ3n) is 5.11. The Bertz CT molecular complexity index is 1080. The van der Waals surface area contributed by atoms with E-state index < -0.39 is 12.1 Å². The molecule has 0 unspecified atom stereocenters. The van der Waals surface area contributed by atoms with Gasteiger partial charge in [0, 0.05) is 4.88 Å². The van der Waals surface area contributed by atoms with E-state index in [-0.39, 0.29) is 5.56 Å². The average Bonchev–Trinajstić information content (AvgIpc) is 2.99. The SMILES string of the molecule is Cc1cccc(C(=O)O[C@H](C)c2nc3sc4c(c3c(=O)[nH]2)CC[C@H](C)C4)c1. The summed E-state index contributed by atoms with van der Waals surface area (Å²) in [6, 6.07) is 7.24. The van der Waals surface area contributed by atoms with Gasteiger partial charge in [-0.05, 0) is 56.7 Å². The molecule has 6 heteroatoms. The highest BCUT2D eigenvalue weighted by atomic mass is 32.1. The van der Waals surface area contributed by atoms with E-state index in [9.17, 15) is 9.59 Å². The van der Waals surface area contributed by atoms with Crippen LogP contribution in [0.25, 0.3) is 10.2 Å². The topological polar surface area (TPSA) is 72.0 Å². The first-order valence-electron chi connectivity index (χ1n) is 9.24. The van der Waals surface area contributed by atoms with Gasteiger partial charge in [0.25, 0.3) is 5.56 Å². The van der Waals surface area contributed by atoms with Crippen molar-refractivity contribution in [3.63, 3.8) is 0 Å². The molecule has 3 aromatic rings. The van der Waals surface area contributed by atoms with E-state index in [2.05, 4.69) is 16.9 Å². The standard InChI is InChI=1S/C21H22N2O3S/c1-11-5-4-6-14(9-11)21(25)26-13(3)18-22-19(24)17-15-8-7-12(2)10-16(15)27-20(17)23-18/h4-6,9,12-13H,7-8,10H2,1-3H3,(H,22,23,24)/t12-,13+/m0/s1. The van der Waals surface area contributed by atoms with Crippen molar-refractivity contribution >= 4 is 27.5 Å².